The minimum atomic E-state index is -0.234. The van der Waals surface area contributed by atoms with E-state index in [4.69, 9.17) is 9.47 Å². The van der Waals surface area contributed by atoms with Crippen molar-refractivity contribution in [2.75, 3.05) is 19.5 Å². The molecule has 0 radical (unpaired) electrons. The minimum absolute atomic E-state index is 0.0969. The van der Waals surface area contributed by atoms with Gasteiger partial charge in [0.25, 0.3) is 0 Å². The van der Waals surface area contributed by atoms with E-state index in [9.17, 15) is 9.59 Å². The number of para-hydroxylation sites is 1. The first-order valence-electron chi connectivity index (χ1n) is 8.23. The lowest BCUT2D eigenvalue weighted by Gasteiger charge is -2.10. The molecule has 3 rings (SSSR count). The molecule has 6 nitrogen and oxygen atoms in total. The summed E-state index contributed by atoms with van der Waals surface area (Å²) < 4.78 is 12.0. The second-order valence-electron chi connectivity index (χ2n) is 5.76. The van der Waals surface area contributed by atoms with E-state index in [-0.39, 0.29) is 24.7 Å². The molecular weight excluding hydrogens is 332 g/mol. The molecule has 0 bridgehead atoms. The zero-order valence-electron chi connectivity index (χ0n) is 14.7. The SMILES string of the molecule is COc1ccc(NC(=O)CCC(=O)n2ccc3ccccc32)cc1OC. The average Bonchev–Trinajstić information content (AvgIpc) is 3.10. The van der Waals surface area contributed by atoms with Gasteiger partial charge in [-0.3, -0.25) is 14.2 Å². The van der Waals surface area contributed by atoms with Crippen LogP contribution < -0.4 is 14.8 Å². The van der Waals surface area contributed by atoms with Crippen molar-refractivity contribution in [3.05, 3.63) is 54.7 Å². The lowest BCUT2D eigenvalue weighted by Crippen LogP contribution is -2.16. The van der Waals surface area contributed by atoms with Crippen LogP contribution in [-0.2, 0) is 4.79 Å². The third-order valence-corrected chi connectivity index (χ3v) is 4.10. The molecule has 2 aromatic carbocycles. The highest BCUT2D eigenvalue weighted by molar-refractivity contribution is 5.96. The number of aromatic nitrogens is 1. The number of hydrogen-bond donors (Lipinski definition) is 1. The molecule has 3 aromatic rings. The van der Waals surface area contributed by atoms with Gasteiger partial charge in [0.05, 0.1) is 19.7 Å². The molecule has 0 fully saturated rings. The van der Waals surface area contributed by atoms with E-state index in [1.807, 2.05) is 30.3 Å². The smallest absolute Gasteiger partial charge is 0.231 e. The molecule has 6 heteroatoms. The maximum atomic E-state index is 12.4. The van der Waals surface area contributed by atoms with Crippen LogP contribution in [0.2, 0.25) is 0 Å². The highest BCUT2D eigenvalue weighted by Crippen LogP contribution is 2.29. The standard InChI is InChI=1S/C20H20N2O4/c1-25-17-8-7-15(13-18(17)26-2)21-19(23)9-10-20(24)22-12-11-14-5-3-4-6-16(14)22/h3-8,11-13H,9-10H2,1-2H3,(H,21,23). The van der Waals surface area contributed by atoms with E-state index in [0.29, 0.717) is 17.2 Å². The predicted molar refractivity (Wildman–Crippen MR) is 100.0 cm³/mol. The highest BCUT2D eigenvalue weighted by atomic mass is 16.5. The molecule has 134 valence electrons. The summed E-state index contributed by atoms with van der Waals surface area (Å²) in [5.41, 5.74) is 1.43. The van der Waals surface area contributed by atoms with Gasteiger partial charge in [0.1, 0.15) is 0 Å². The molecule has 26 heavy (non-hydrogen) atoms. The molecule has 0 atom stereocenters. The molecular formula is C20H20N2O4. The Morgan fingerprint density at radius 3 is 2.50 bits per heavy atom. The molecule has 1 N–H and O–H groups in total. The average molecular weight is 352 g/mol. The number of rotatable bonds is 6. The summed E-state index contributed by atoms with van der Waals surface area (Å²) >= 11 is 0. The van der Waals surface area contributed by atoms with Gasteiger partial charge in [-0.05, 0) is 24.3 Å². The molecule has 0 aliphatic heterocycles. The molecule has 0 saturated heterocycles. The summed E-state index contributed by atoms with van der Waals surface area (Å²) in [5.74, 6) is 0.760. The van der Waals surface area contributed by atoms with Crippen molar-refractivity contribution in [1.29, 1.82) is 0 Å². The summed E-state index contributed by atoms with van der Waals surface area (Å²) in [5, 5.41) is 3.77. The largest absolute Gasteiger partial charge is 0.493 e. The first-order valence-corrected chi connectivity index (χ1v) is 8.23. The lowest BCUT2D eigenvalue weighted by atomic mass is 10.2. The molecule has 0 aliphatic rings. The monoisotopic (exact) mass is 352 g/mol. The number of nitrogens with zero attached hydrogens (tertiary/aromatic N) is 1. The fourth-order valence-electron chi connectivity index (χ4n) is 2.78. The van der Waals surface area contributed by atoms with Gasteiger partial charge in [-0.1, -0.05) is 18.2 Å². The zero-order valence-corrected chi connectivity index (χ0v) is 14.7. The lowest BCUT2D eigenvalue weighted by molar-refractivity contribution is -0.116. The Morgan fingerprint density at radius 1 is 0.962 bits per heavy atom. The van der Waals surface area contributed by atoms with E-state index < -0.39 is 0 Å². The van der Waals surface area contributed by atoms with Crippen molar-refractivity contribution in [2.24, 2.45) is 0 Å². The Kier molecular flexibility index (Phi) is 5.22. The van der Waals surface area contributed by atoms with Crippen LogP contribution in [0.1, 0.15) is 17.6 Å². The van der Waals surface area contributed by atoms with Crippen LogP contribution in [0.25, 0.3) is 10.9 Å². The third-order valence-electron chi connectivity index (χ3n) is 4.10. The number of nitrogens with one attached hydrogen (secondary N) is 1. The van der Waals surface area contributed by atoms with Crippen molar-refractivity contribution in [3.63, 3.8) is 0 Å². The quantitative estimate of drug-likeness (QED) is 0.734. The predicted octanol–water partition coefficient (Wildman–Crippen LogP) is 3.72. The summed E-state index contributed by atoms with van der Waals surface area (Å²) in [6.07, 6.45) is 1.96. The summed E-state index contributed by atoms with van der Waals surface area (Å²) in [6, 6.07) is 14.6. The number of anilines is 1. The van der Waals surface area contributed by atoms with E-state index in [2.05, 4.69) is 5.32 Å². The van der Waals surface area contributed by atoms with Gasteiger partial charge in [0.2, 0.25) is 11.8 Å². The van der Waals surface area contributed by atoms with Crippen LogP contribution in [0.3, 0.4) is 0 Å². The van der Waals surface area contributed by atoms with Crippen molar-refractivity contribution < 1.29 is 19.1 Å². The minimum Gasteiger partial charge on any atom is -0.493 e. The zero-order chi connectivity index (χ0) is 18.5. The highest BCUT2D eigenvalue weighted by Gasteiger charge is 2.12. The molecule has 0 aliphatic carbocycles. The van der Waals surface area contributed by atoms with Gasteiger partial charge in [0.15, 0.2) is 11.5 Å². The number of carbonyl (C=O) groups excluding carboxylic acids is 2. The molecule has 0 unspecified atom stereocenters. The second-order valence-corrected chi connectivity index (χ2v) is 5.76. The number of carbonyl (C=O) groups is 2. The van der Waals surface area contributed by atoms with E-state index in [0.717, 1.165) is 10.9 Å². The van der Waals surface area contributed by atoms with Gasteiger partial charge in [-0.25, -0.2) is 0 Å². The second kappa shape index (κ2) is 7.74. The summed E-state index contributed by atoms with van der Waals surface area (Å²) in [4.78, 5) is 24.6. The number of fused-ring (bicyclic) bond motifs is 1. The van der Waals surface area contributed by atoms with E-state index in [1.165, 1.54) is 7.11 Å². The molecule has 1 heterocycles. The maximum Gasteiger partial charge on any atom is 0.231 e. The maximum absolute atomic E-state index is 12.4. The normalized spacial score (nSPS) is 10.5. The van der Waals surface area contributed by atoms with Crippen molar-refractivity contribution in [1.82, 2.24) is 4.57 Å². The fraction of sp³-hybridized carbons (Fsp3) is 0.200. The van der Waals surface area contributed by atoms with Crippen molar-refractivity contribution in [2.45, 2.75) is 12.8 Å². The van der Waals surface area contributed by atoms with Crippen LogP contribution in [0.15, 0.2) is 54.7 Å². The molecule has 1 aromatic heterocycles. The summed E-state index contributed by atoms with van der Waals surface area (Å²) in [6.45, 7) is 0. The van der Waals surface area contributed by atoms with Crippen molar-refractivity contribution in [3.8, 4) is 11.5 Å². The number of methoxy groups -OCH3 is 2. The topological polar surface area (TPSA) is 69.6 Å². The Labute approximate surface area is 151 Å². The van der Waals surface area contributed by atoms with Gasteiger partial charge in [0, 0.05) is 36.2 Å². The Hall–Kier alpha value is -3.28. The Bertz CT molecular complexity index is 946. The molecule has 0 saturated carbocycles. The Balaban J connectivity index is 1.61. The first kappa shape index (κ1) is 17.5. The van der Waals surface area contributed by atoms with E-state index >= 15 is 0 Å². The fourth-order valence-corrected chi connectivity index (χ4v) is 2.78. The van der Waals surface area contributed by atoms with Gasteiger partial charge in [-0.15, -0.1) is 0 Å². The third kappa shape index (κ3) is 3.69. The van der Waals surface area contributed by atoms with Crippen LogP contribution in [0.5, 0.6) is 11.5 Å². The Morgan fingerprint density at radius 2 is 1.73 bits per heavy atom. The van der Waals surface area contributed by atoms with E-state index in [1.54, 1.807) is 36.1 Å². The van der Waals surface area contributed by atoms with Crippen molar-refractivity contribution >= 4 is 28.4 Å². The van der Waals surface area contributed by atoms with Gasteiger partial charge in [-0.2, -0.15) is 0 Å². The summed E-state index contributed by atoms with van der Waals surface area (Å²) in [7, 11) is 3.08. The van der Waals surface area contributed by atoms with Gasteiger partial charge >= 0.3 is 0 Å². The van der Waals surface area contributed by atoms with Crippen LogP contribution in [0, 0.1) is 0 Å². The number of amides is 1. The van der Waals surface area contributed by atoms with Crippen LogP contribution >= 0.6 is 0 Å². The van der Waals surface area contributed by atoms with Crippen LogP contribution in [-0.4, -0.2) is 30.6 Å². The number of benzene rings is 2. The first-order chi connectivity index (χ1) is 12.6. The number of ether oxygens (including phenoxy) is 2. The molecule has 0 spiro atoms. The van der Waals surface area contributed by atoms with Gasteiger partial charge < -0.3 is 14.8 Å². The molecule has 1 amide bonds. The number of hydrogen-bond acceptors (Lipinski definition) is 4. The van der Waals surface area contributed by atoms with Crippen LogP contribution in [0.4, 0.5) is 5.69 Å².